The average Bonchev–Trinajstić information content (AvgIpc) is 2.93. The quantitative estimate of drug-likeness (QED) is 0.778. The molecular weight excluding hydrogens is 236 g/mol. The topological polar surface area (TPSA) is 48.8 Å². The van der Waals surface area contributed by atoms with Crippen LogP contribution in [0.1, 0.15) is 5.69 Å². The molecule has 2 heterocycles. The number of hydrogen-bond acceptors (Lipinski definition) is 2. The molecule has 0 aliphatic carbocycles. The summed E-state index contributed by atoms with van der Waals surface area (Å²) in [6, 6.07) is 10.5. The SMILES string of the molecule is Cn1nc(-c2cn(C)c3ccccc23)cc1CCN. The molecule has 0 spiro atoms. The Morgan fingerprint density at radius 1 is 1.21 bits per heavy atom. The molecule has 0 unspecified atom stereocenters. The number of benzene rings is 1. The maximum atomic E-state index is 5.63. The second kappa shape index (κ2) is 4.55. The van der Waals surface area contributed by atoms with E-state index in [1.165, 1.54) is 22.2 Å². The van der Waals surface area contributed by atoms with Crippen LogP contribution >= 0.6 is 0 Å². The minimum atomic E-state index is 0.647. The van der Waals surface area contributed by atoms with Crippen molar-refractivity contribution in [3.63, 3.8) is 0 Å². The fourth-order valence-corrected chi connectivity index (χ4v) is 2.57. The van der Waals surface area contributed by atoms with Crippen LogP contribution in [0.3, 0.4) is 0 Å². The Morgan fingerprint density at radius 2 is 2.00 bits per heavy atom. The summed E-state index contributed by atoms with van der Waals surface area (Å²) < 4.78 is 4.06. The third-order valence-corrected chi connectivity index (χ3v) is 3.55. The summed E-state index contributed by atoms with van der Waals surface area (Å²) in [4.78, 5) is 0. The predicted octanol–water partition coefficient (Wildman–Crippen LogP) is 2.08. The van der Waals surface area contributed by atoms with E-state index in [0.29, 0.717) is 6.54 Å². The Kier molecular flexibility index (Phi) is 2.87. The monoisotopic (exact) mass is 254 g/mol. The van der Waals surface area contributed by atoms with Crippen LogP contribution in [0.4, 0.5) is 0 Å². The number of fused-ring (bicyclic) bond motifs is 1. The summed E-state index contributed by atoms with van der Waals surface area (Å²) in [7, 11) is 4.04. The van der Waals surface area contributed by atoms with E-state index in [1.807, 2.05) is 11.7 Å². The lowest BCUT2D eigenvalue weighted by Gasteiger charge is -1.96. The van der Waals surface area contributed by atoms with E-state index >= 15 is 0 Å². The maximum Gasteiger partial charge on any atom is 0.0947 e. The lowest BCUT2D eigenvalue weighted by atomic mass is 10.1. The minimum absolute atomic E-state index is 0.647. The van der Waals surface area contributed by atoms with Crippen molar-refractivity contribution in [2.24, 2.45) is 19.8 Å². The Morgan fingerprint density at radius 3 is 2.79 bits per heavy atom. The molecule has 2 aromatic heterocycles. The predicted molar refractivity (Wildman–Crippen MR) is 77.9 cm³/mol. The van der Waals surface area contributed by atoms with Gasteiger partial charge in [0.1, 0.15) is 0 Å². The zero-order valence-electron chi connectivity index (χ0n) is 11.3. The van der Waals surface area contributed by atoms with Crippen LogP contribution in [-0.2, 0) is 20.5 Å². The van der Waals surface area contributed by atoms with Crippen molar-refractivity contribution >= 4 is 10.9 Å². The summed E-state index contributed by atoms with van der Waals surface area (Å²) in [5.41, 5.74) is 10.2. The van der Waals surface area contributed by atoms with Gasteiger partial charge in [-0.2, -0.15) is 5.10 Å². The molecule has 0 saturated heterocycles. The van der Waals surface area contributed by atoms with Crippen molar-refractivity contribution in [3.05, 3.63) is 42.2 Å². The molecule has 0 amide bonds. The number of nitrogens with zero attached hydrogens (tertiary/aromatic N) is 3. The summed E-state index contributed by atoms with van der Waals surface area (Å²) in [6.45, 7) is 0.647. The Balaban J connectivity index is 2.16. The molecule has 3 rings (SSSR count). The van der Waals surface area contributed by atoms with Gasteiger partial charge in [0.15, 0.2) is 0 Å². The molecule has 1 aromatic carbocycles. The van der Waals surface area contributed by atoms with Gasteiger partial charge in [0.2, 0.25) is 0 Å². The first kappa shape index (κ1) is 12.0. The molecule has 0 fully saturated rings. The van der Waals surface area contributed by atoms with Crippen molar-refractivity contribution in [2.75, 3.05) is 6.54 Å². The normalized spacial score (nSPS) is 11.3. The maximum absolute atomic E-state index is 5.63. The Labute approximate surface area is 112 Å². The van der Waals surface area contributed by atoms with E-state index in [1.54, 1.807) is 0 Å². The van der Waals surface area contributed by atoms with E-state index in [9.17, 15) is 0 Å². The summed E-state index contributed by atoms with van der Waals surface area (Å²) in [5, 5.41) is 5.85. The van der Waals surface area contributed by atoms with Gasteiger partial charge >= 0.3 is 0 Å². The van der Waals surface area contributed by atoms with E-state index in [4.69, 9.17) is 5.73 Å². The van der Waals surface area contributed by atoms with Gasteiger partial charge in [-0.15, -0.1) is 0 Å². The third-order valence-electron chi connectivity index (χ3n) is 3.55. The summed E-state index contributed by atoms with van der Waals surface area (Å²) in [5.74, 6) is 0. The van der Waals surface area contributed by atoms with Gasteiger partial charge in [0, 0.05) is 48.9 Å². The molecule has 0 bridgehead atoms. The van der Waals surface area contributed by atoms with Crippen LogP contribution in [0.5, 0.6) is 0 Å². The highest BCUT2D eigenvalue weighted by Crippen LogP contribution is 2.29. The first-order chi connectivity index (χ1) is 9.20. The van der Waals surface area contributed by atoms with Crippen molar-refractivity contribution in [3.8, 4) is 11.3 Å². The molecule has 2 N–H and O–H groups in total. The minimum Gasteiger partial charge on any atom is -0.350 e. The molecule has 0 atom stereocenters. The van der Waals surface area contributed by atoms with Crippen LogP contribution in [0.15, 0.2) is 36.5 Å². The molecule has 3 aromatic rings. The van der Waals surface area contributed by atoms with E-state index < -0.39 is 0 Å². The lowest BCUT2D eigenvalue weighted by Crippen LogP contribution is -2.06. The first-order valence-corrected chi connectivity index (χ1v) is 6.48. The zero-order valence-corrected chi connectivity index (χ0v) is 11.3. The van der Waals surface area contributed by atoms with Gasteiger partial charge in [0.05, 0.1) is 5.69 Å². The molecule has 0 aliphatic heterocycles. The molecule has 4 heteroatoms. The van der Waals surface area contributed by atoms with Crippen LogP contribution in [-0.4, -0.2) is 20.9 Å². The van der Waals surface area contributed by atoms with Crippen molar-refractivity contribution in [2.45, 2.75) is 6.42 Å². The van der Waals surface area contributed by atoms with Gasteiger partial charge < -0.3 is 10.3 Å². The molecule has 19 heavy (non-hydrogen) atoms. The molecule has 4 nitrogen and oxygen atoms in total. The standard InChI is InChI=1S/C15H18N4/c1-18-10-13(12-5-3-4-6-15(12)18)14-9-11(7-8-16)19(2)17-14/h3-6,9-10H,7-8,16H2,1-2H3. The number of aromatic nitrogens is 3. The smallest absolute Gasteiger partial charge is 0.0947 e. The van der Waals surface area contributed by atoms with Crippen molar-refractivity contribution < 1.29 is 0 Å². The fraction of sp³-hybridized carbons (Fsp3) is 0.267. The fourth-order valence-electron chi connectivity index (χ4n) is 2.57. The Hall–Kier alpha value is -2.07. The Bertz CT molecular complexity index is 721. The number of nitrogens with two attached hydrogens (primary N) is 1. The van der Waals surface area contributed by atoms with E-state index in [-0.39, 0.29) is 0 Å². The van der Waals surface area contributed by atoms with Crippen molar-refractivity contribution in [1.29, 1.82) is 0 Å². The van der Waals surface area contributed by atoms with Gasteiger partial charge in [-0.3, -0.25) is 4.68 Å². The number of para-hydroxylation sites is 1. The van der Waals surface area contributed by atoms with E-state index in [0.717, 1.165) is 12.1 Å². The summed E-state index contributed by atoms with van der Waals surface area (Å²) >= 11 is 0. The van der Waals surface area contributed by atoms with Gasteiger partial charge in [-0.1, -0.05) is 18.2 Å². The second-order valence-electron chi connectivity index (χ2n) is 4.85. The molecular formula is C15H18N4. The zero-order chi connectivity index (χ0) is 13.4. The highest BCUT2D eigenvalue weighted by atomic mass is 15.3. The largest absolute Gasteiger partial charge is 0.350 e. The van der Waals surface area contributed by atoms with Crippen LogP contribution in [0, 0.1) is 0 Å². The first-order valence-electron chi connectivity index (χ1n) is 6.48. The lowest BCUT2D eigenvalue weighted by molar-refractivity contribution is 0.708. The highest BCUT2D eigenvalue weighted by molar-refractivity contribution is 5.95. The number of rotatable bonds is 3. The van der Waals surface area contributed by atoms with E-state index in [2.05, 4.69) is 53.2 Å². The molecule has 0 saturated carbocycles. The van der Waals surface area contributed by atoms with Crippen molar-refractivity contribution in [1.82, 2.24) is 14.3 Å². The second-order valence-corrected chi connectivity index (χ2v) is 4.85. The molecule has 0 aliphatic rings. The number of aryl methyl sites for hydroxylation is 2. The number of hydrogen-bond donors (Lipinski definition) is 1. The van der Waals surface area contributed by atoms with Crippen LogP contribution < -0.4 is 5.73 Å². The third kappa shape index (κ3) is 1.94. The molecule has 98 valence electrons. The average molecular weight is 254 g/mol. The van der Waals surface area contributed by atoms with Gasteiger partial charge in [-0.25, -0.2) is 0 Å². The molecule has 0 radical (unpaired) electrons. The van der Waals surface area contributed by atoms with Gasteiger partial charge in [0.25, 0.3) is 0 Å². The highest BCUT2D eigenvalue weighted by Gasteiger charge is 2.12. The van der Waals surface area contributed by atoms with Crippen LogP contribution in [0.25, 0.3) is 22.2 Å². The summed E-state index contributed by atoms with van der Waals surface area (Å²) in [6.07, 6.45) is 2.99. The van der Waals surface area contributed by atoms with Gasteiger partial charge in [-0.05, 0) is 18.7 Å². The van der Waals surface area contributed by atoms with Crippen LogP contribution in [0.2, 0.25) is 0 Å².